The van der Waals surface area contributed by atoms with E-state index in [2.05, 4.69) is 18.7 Å². The Morgan fingerprint density at radius 2 is 1.92 bits per heavy atom. The Kier molecular flexibility index (Phi) is 4.16. The van der Waals surface area contributed by atoms with Gasteiger partial charge in [0, 0.05) is 32.8 Å². The third-order valence-electron chi connectivity index (χ3n) is 3.16. The molecule has 3 nitrogen and oxygen atoms in total. The average molecular weight is 186 g/mol. The molecule has 0 radical (unpaired) electrons. The lowest BCUT2D eigenvalue weighted by atomic mass is 10.0. The maximum Gasteiger partial charge on any atom is 0.0630 e. The molecule has 1 heterocycles. The molecular weight excluding hydrogens is 164 g/mol. The normalized spacial score (nSPS) is 32.3. The highest BCUT2D eigenvalue weighted by molar-refractivity contribution is 4.84. The van der Waals surface area contributed by atoms with Gasteiger partial charge < -0.3 is 10.5 Å². The van der Waals surface area contributed by atoms with E-state index in [1.54, 1.807) is 7.11 Å². The molecule has 1 fully saturated rings. The van der Waals surface area contributed by atoms with E-state index in [0.29, 0.717) is 12.6 Å². The van der Waals surface area contributed by atoms with Crippen LogP contribution < -0.4 is 5.73 Å². The van der Waals surface area contributed by atoms with E-state index in [-0.39, 0.29) is 0 Å². The van der Waals surface area contributed by atoms with E-state index >= 15 is 0 Å². The molecule has 0 aliphatic carbocycles. The molecule has 0 aromatic carbocycles. The van der Waals surface area contributed by atoms with E-state index in [1.165, 1.54) is 13.1 Å². The minimum absolute atomic E-state index is 0.414. The van der Waals surface area contributed by atoms with Crippen molar-refractivity contribution < 1.29 is 4.74 Å². The molecule has 0 spiro atoms. The highest BCUT2D eigenvalue weighted by Gasteiger charge is 2.30. The lowest BCUT2D eigenvalue weighted by Crippen LogP contribution is -2.42. The van der Waals surface area contributed by atoms with Gasteiger partial charge in [-0.15, -0.1) is 0 Å². The van der Waals surface area contributed by atoms with Crippen molar-refractivity contribution in [2.45, 2.75) is 19.9 Å². The van der Waals surface area contributed by atoms with E-state index in [1.807, 2.05) is 0 Å². The van der Waals surface area contributed by atoms with Gasteiger partial charge in [-0.05, 0) is 11.8 Å². The van der Waals surface area contributed by atoms with Crippen LogP contribution in [0.5, 0.6) is 0 Å². The van der Waals surface area contributed by atoms with Crippen molar-refractivity contribution in [3.05, 3.63) is 0 Å². The van der Waals surface area contributed by atoms with Gasteiger partial charge in [0.2, 0.25) is 0 Å². The topological polar surface area (TPSA) is 38.5 Å². The van der Waals surface area contributed by atoms with Gasteiger partial charge in [-0.2, -0.15) is 0 Å². The molecule has 3 unspecified atom stereocenters. The fourth-order valence-electron chi connectivity index (χ4n) is 1.99. The van der Waals surface area contributed by atoms with E-state index in [9.17, 15) is 0 Å². The number of ether oxygens (including phenoxy) is 1. The first-order chi connectivity index (χ1) is 6.19. The first-order valence-corrected chi connectivity index (χ1v) is 5.12. The maximum absolute atomic E-state index is 5.71. The van der Waals surface area contributed by atoms with E-state index in [4.69, 9.17) is 10.5 Å². The average Bonchev–Trinajstić information content (AvgIpc) is 2.43. The van der Waals surface area contributed by atoms with Crippen molar-refractivity contribution in [1.29, 1.82) is 0 Å². The molecule has 13 heavy (non-hydrogen) atoms. The second-order valence-electron chi connectivity index (χ2n) is 4.25. The Hall–Kier alpha value is -0.120. The largest absolute Gasteiger partial charge is 0.383 e. The molecule has 0 amide bonds. The SMILES string of the molecule is COCC(CN)N1CC(C)C(C)C1. The van der Waals surface area contributed by atoms with E-state index in [0.717, 1.165) is 18.4 Å². The number of hydrogen-bond acceptors (Lipinski definition) is 3. The van der Waals surface area contributed by atoms with Crippen LogP contribution in [0.2, 0.25) is 0 Å². The van der Waals surface area contributed by atoms with E-state index < -0.39 is 0 Å². The minimum Gasteiger partial charge on any atom is -0.383 e. The minimum atomic E-state index is 0.414. The van der Waals surface area contributed by atoms with Crippen molar-refractivity contribution in [1.82, 2.24) is 4.90 Å². The first kappa shape index (κ1) is 11.0. The second kappa shape index (κ2) is 4.94. The predicted molar refractivity (Wildman–Crippen MR) is 54.6 cm³/mol. The molecule has 1 saturated heterocycles. The van der Waals surface area contributed by atoms with Crippen LogP contribution in [0.4, 0.5) is 0 Å². The molecule has 3 heteroatoms. The highest BCUT2D eigenvalue weighted by atomic mass is 16.5. The fraction of sp³-hybridized carbons (Fsp3) is 1.00. The summed E-state index contributed by atoms with van der Waals surface area (Å²) in [4.78, 5) is 2.46. The molecule has 78 valence electrons. The molecule has 3 atom stereocenters. The van der Waals surface area contributed by atoms with Crippen LogP contribution in [0, 0.1) is 11.8 Å². The lowest BCUT2D eigenvalue weighted by molar-refractivity contribution is 0.106. The summed E-state index contributed by atoms with van der Waals surface area (Å²) < 4.78 is 5.16. The summed E-state index contributed by atoms with van der Waals surface area (Å²) >= 11 is 0. The molecule has 0 saturated carbocycles. The number of nitrogens with two attached hydrogens (primary N) is 1. The van der Waals surface area contributed by atoms with Crippen LogP contribution in [0.15, 0.2) is 0 Å². The van der Waals surface area contributed by atoms with Gasteiger partial charge in [-0.1, -0.05) is 13.8 Å². The predicted octanol–water partition coefficient (Wildman–Crippen LogP) is 0.548. The van der Waals surface area contributed by atoms with Gasteiger partial charge >= 0.3 is 0 Å². The van der Waals surface area contributed by atoms with Gasteiger partial charge in [0.1, 0.15) is 0 Å². The van der Waals surface area contributed by atoms with Crippen molar-refractivity contribution in [2.75, 3.05) is 33.4 Å². The van der Waals surface area contributed by atoms with Crippen LogP contribution in [-0.2, 0) is 4.74 Å². The quantitative estimate of drug-likeness (QED) is 0.697. The molecule has 0 aromatic heterocycles. The first-order valence-electron chi connectivity index (χ1n) is 5.12. The zero-order valence-electron chi connectivity index (χ0n) is 8.99. The number of methoxy groups -OCH3 is 1. The Morgan fingerprint density at radius 1 is 1.38 bits per heavy atom. The Morgan fingerprint density at radius 3 is 2.31 bits per heavy atom. The standard InChI is InChI=1S/C10H22N2O/c1-8-5-12(6-9(8)2)10(4-11)7-13-3/h8-10H,4-7,11H2,1-3H3. The van der Waals surface area contributed by atoms with Gasteiger partial charge in [-0.25, -0.2) is 0 Å². The zero-order chi connectivity index (χ0) is 9.84. The third kappa shape index (κ3) is 2.66. The molecule has 1 rings (SSSR count). The summed E-state index contributed by atoms with van der Waals surface area (Å²) in [6, 6.07) is 0.414. The summed E-state index contributed by atoms with van der Waals surface area (Å²) in [6.45, 7) is 8.43. The Labute approximate surface area is 81.2 Å². The summed E-state index contributed by atoms with van der Waals surface area (Å²) in [7, 11) is 1.74. The molecular formula is C10H22N2O. The third-order valence-corrected chi connectivity index (χ3v) is 3.16. The van der Waals surface area contributed by atoms with Crippen molar-refractivity contribution in [2.24, 2.45) is 17.6 Å². The van der Waals surface area contributed by atoms with Crippen LogP contribution in [0.3, 0.4) is 0 Å². The second-order valence-corrected chi connectivity index (χ2v) is 4.25. The number of nitrogens with zero attached hydrogens (tertiary/aromatic N) is 1. The van der Waals surface area contributed by atoms with Crippen LogP contribution >= 0.6 is 0 Å². The van der Waals surface area contributed by atoms with Crippen LogP contribution in [-0.4, -0.2) is 44.3 Å². The molecule has 1 aliphatic heterocycles. The summed E-state index contributed by atoms with van der Waals surface area (Å²) in [5.74, 6) is 1.59. The highest BCUT2D eigenvalue weighted by Crippen LogP contribution is 2.23. The summed E-state index contributed by atoms with van der Waals surface area (Å²) in [6.07, 6.45) is 0. The number of rotatable bonds is 4. The molecule has 0 bridgehead atoms. The van der Waals surface area contributed by atoms with Gasteiger partial charge in [0.25, 0.3) is 0 Å². The van der Waals surface area contributed by atoms with Crippen LogP contribution in [0.1, 0.15) is 13.8 Å². The van der Waals surface area contributed by atoms with Crippen LogP contribution in [0.25, 0.3) is 0 Å². The smallest absolute Gasteiger partial charge is 0.0630 e. The fourth-order valence-corrected chi connectivity index (χ4v) is 1.99. The lowest BCUT2D eigenvalue weighted by Gasteiger charge is -2.25. The molecule has 1 aliphatic rings. The van der Waals surface area contributed by atoms with Gasteiger partial charge in [0.05, 0.1) is 6.61 Å². The Balaban J connectivity index is 2.42. The molecule has 2 N–H and O–H groups in total. The van der Waals surface area contributed by atoms with Crippen molar-refractivity contribution in [3.8, 4) is 0 Å². The monoisotopic (exact) mass is 186 g/mol. The summed E-state index contributed by atoms with van der Waals surface area (Å²) in [5, 5.41) is 0. The zero-order valence-corrected chi connectivity index (χ0v) is 8.99. The summed E-state index contributed by atoms with van der Waals surface area (Å²) in [5.41, 5.74) is 5.71. The van der Waals surface area contributed by atoms with Crippen molar-refractivity contribution >= 4 is 0 Å². The van der Waals surface area contributed by atoms with Gasteiger partial charge in [-0.3, -0.25) is 4.90 Å². The maximum atomic E-state index is 5.71. The molecule has 0 aromatic rings. The van der Waals surface area contributed by atoms with Crippen molar-refractivity contribution in [3.63, 3.8) is 0 Å². The Bertz CT molecular complexity index is 142. The van der Waals surface area contributed by atoms with Gasteiger partial charge in [0.15, 0.2) is 0 Å². The number of likely N-dealkylation sites (tertiary alicyclic amines) is 1. The number of hydrogen-bond donors (Lipinski definition) is 1.